The molecule has 5 nitrogen and oxygen atoms in total. The Morgan fingerprint density at radius 2 is 2.25 bits per heavy atom. The second-order valence-corrected chi connectivity index (χ2v) is 3.30. The maximum Gasteiger partial charge on any atom is 0.323 e. The van der Waals surface area contributed by atoms with E-state index in [1.807, 2.05) is 31.2 Å². The van der Waals surface area contributed by atoms with Crippen LogP contribution in [0, 0.1) is 0 Å². The van der Waals surface area contributed by atoms with Crippen LogP contribution in [0.1, 0.15) is 6.92 Å². The third kappa shape index (κ3) is 1.84. The Morgan fingerprint density at radius 1 is 1.50 bits per heavy atom. The zero-order valence-electron chi connectivity index (χ0n) is 8.88. The molecule has 2 aromatic rings. The Kier molecular flexibility index (Phi) is 2.76. The second-order valence-electron chi connectivity index (χ2n) is 3.30. The molecule has 0 aliphatic heterocycles. The van der Waals surface area contributed by atoms with Crippen LogP contribution in [-0.2, 0) is 11.3 Å². The van der Waals surface area contributed by atoms with Crippen LogP contribution in [0.25, 0.3) is 11.0 Å². The van der Waals surface area contributed by atoms with E-state index < -0.39 is 5.97 Å². The molecule has 1 aromatic carbocycles. The molecule has 1 heterocycles. The summed E-state index contributed by atoms with van der Waals surface area (Å²) in [4.78, 5) is 15.0. The van der Waals surface area contributed by atoms with E-state index in [-0.39, 0.29) is 6.54 Å². The van der Waals surface area contributed by atoms with Crippen molar-refractivity contribution in [3.8, 4) is 6.01 Å². The fraction of sp³-hybridized carbons (Fsp3) is 0.273. The molecule has 0 unspecified atom stereocenters. The molecular formula is C11H12N2O3. The Morgan fingerprint density at radius 3 is 2.94 bits per heavy atom. The molecule has 0 amide bonds. The summed E-state index contributed by atoms with van der Waals surface area (Å²) in [6, 6.07) is 7.71. The van der Waals surface area contributed by atoms with Crippen molar-refractivity contribution in [1.82, 2.24) is 9.55 Å². The van der Waals surface area contributed by atoms with Gasteiger partial charge in [-0.15, -0.1) is 0 Å². The molecule has 5 heteroatoms. The van der Waals surface area contributed by atoms with Gasteiger partial charge in [0, 0.05) is 0 Å². The van der Waals surface area contributed by atoms with Crippen LogP contribution in [0.15, 0.2) is 24.3 Å². The van der Waals surface area contributed by atoms with Crippen LogP contribution in [0.2, 0.25) is 0 Å². The van der Waals surface area contributed by atoms with Gasteiger partial charge >= 0.3 is 5.97 Å². The largest absolute Gasteiger partial charge is 0.480 e. The topological polar surface area (TPSA) is 64.4 Å². The molecule has 16 heavy (non-hydrogen) atoms. The highest BCUT2D eigenvalue weighted by Crippen LogP contribution is 2.20. The maximum atomic E-state index is 10.8. The first-order valence-electron chi connectivity index (χ1n) is 5.02. The Balaban J connectivity index is 2.54. The van der Waals surface area contributed by atoms with Crippen molar-refractivity contribution in [2.45, 2.75) is 13.5 Å². The van der Waals surface area contributed by atoms with E-state index in [1.54, 1.807) is 4.57 Å². The van der Waals surface area contributed by atoms with Crippen molar-refractivity contribution < 1.29 is 14.6 Å². The monoisotopic (exact) mass is 220 g/mol. The molecule has 0 atom stereocenters. The van der Waals surface area contributed by atoms with E-state index >= 15 is 0 Å². The maximum absolute atomic E-state index is 10.8. The van der Waals surface area contributed by atoms with Gasteiger partial charge in [-0.25, -0.2) is 0 Å². The fourth-order valence-electron chi connectivity index (χ4n) is 1.58. The number of imidazole rings is 1. The van der Waals surface area contributed by atoms with E-state index in [1.165, 1.54) is 0 Å². The summed E-state index contributed by atoms with van der Waals surface area (Å²) in [5.74, 6) is -0.913. The average Bonchev–Trinajstić information content (AvgIpc) is 2.57. The minimum atomic E-state index is -0.913. The van der Waals surface area contributed by atoms with Gasteiger partial charge in [0.1, 0.15) is 6.54 Å². The van der Waals surface area contributed by atoms with Crippen LogP contribution < -0.4 is 4.74 Å². The summed E-state index contributed by atoms with van der Waals surface area (Å²) in [7, 11) is 0. The first-order chi connectivity index (χ1) is 7.72. The number of carbonyl (C=O) groups is 1. The van der Waals surface area contributed by atoms with E-state index in [9.17, 15) is 4.79 Å². The summed E-state index contributed by atoms with van der Waals surface area (Å²) >= 11 is 0. The Bertz CT molecular complexity index is 519. The normalized spacial score (nSPS) is 10.6. The number of nitrogens with zero attached hydrogens (tertiary/aromatic N) is 2. The Hall–Kier alpha value is -2.04. The number of hydrogen-bond donors (Lipinski definition) is 1. The van der Waals surface area contributed by atoms with Crippen molar-refractivity contribution in [2.24, 2.45) is 0 Å². The standard InChI is InChI=1S/C11H12N2O3/c1-2-16-11-12-8-5-3-4-6-9(8)13(11)7-10(14)15/h3-6H,2,7H2,1H3,(H,14,15). The summed E-state index contributed by atoms with van der Waals surface area (Å²) in [5, 5.41) is 8.83. The lowest BCUT2D eigenvalue weighted by molar-refractivity contribution is -0.137. The summed E-state index contributed by atoms with van der Waals surface area (Å²) in [6.07, 6.45) is 0. The van der Waals surface area contributed by atoms with Crippen molar-refractivity contribution in [1.29, 1.82) is 0 Å². The number of hydrogen-bond acceptors (Lipinski definition) is 3. The molecule has 0 aliphatic carbocycles. The lowest BCUT2D eigenvalue weighted by Gasteiger charge is -2.05. The van der Waals surface area contributed by atoms with Gasteiger partial charge in [0.05, 0.1) is 17.6 Å². The number of para-hydroxylation sites is 2. The van der Waals surface area contributed by atoms with Gasteiger partial charge in [0.2, 0.25) is 0 Å². The predicted molar refractivity (Wildman–Crippen MR) is 58.5 cm³/mol. The molecule has 1 N–H and O–H groups in total. The summed E-state index contributed by atoms with van der Waals surface area (Å²) < 4.78 is 6.87. The minimum absolute atomic E-state index is 0.143. The lowest BCUT2D eigenvalue weighted by atomic mass is 10.3. The van der Waals surface area contributed by atoms with E-state index in [0.29, 0.717) is 12.6 Å². The summed E-state index contributed by atoms with van der Waals surface area (Å²) in [5.41, 5.74) is 1.51. The quantitative estimate of drug-likeness (QED) is 0.848. The third-order valence-electron chi connectivity index (χ3n) is 2.19. The molecule has 0 bridgehead atoms. The molecule has 0 radical (unpaired) electrons. The number of fused-ring (bicyclic) bond motifs is 1. The van der Waals surface area contributed by atoms with Crippen molar-refractivity contribution in [2.75, 3.05) is 6.61 Å². The van der Waals surface area contributed by atoms with Crippen molar-refractivity contribution in [3.63, 3.8) is 0 Å². The molecule has 0 spiro atoms. The molecule has 0 fully saturated rings. The number of benzene rings is 1. The van der Waals surface area contributed by atoms with E-state index in [2.05, 4.69) is 4.98 Å². The first kappa shape index (κ1) is 10.5. The number of carboxylic acids is 1. The molecule has 0 aliphatic rings. The second kappa shape index (κ2) is 4.22. The zero-order valence-corrected chi connectivity index (χ0v) is 8.88. The molecular weight excluding hydrogens is 208 g/mol. The van der Waals surface area contributed by atoms with Crippen LogP contribution in [0.5, 0.6) is 6.01 Å². The van der Waals surface area contributed by atoms with Gasteiger partial charge in [-0.1, -0.05) is 12.1 Å². The molecule has 2 rings (SSSR count). The SMILES string of the molecule is CCOc1nc2ccccc2n1CC(=O)O. The number of ether oxygens (including phenoxy) is 1. The average molecular weight is 220 g/mol. The molecule has 0 saturated heterocycles. The van der Waals surface area contributed by atoms with Gasteiger partial charge < -0.3 is 9.84 Å². The van der Waals surface area contributed by atoms with Crippen molar-refractivity contribution in [3.05, 3.63) is 24.3 Å². The van der Waals surface area contributed by atoms with Gasteiger partial charge in [-0.2, -0.15) is 4.98 Å². The van der Waals surface area contributed by atoms with Crippen LogP contribution >= 0.6 is 0 Å². The zero-order chi connectivity index (χ0) is 11.5. The Labute approximate surface area is 92.3 Å². The number of aliphatic carboxylic acids is 1. The highest BCUT2D eigenvalue weighted by Gasteiger charge is 2.13. The minimum Gasteiger partial charge on any atom is -0.480 e. The van der Waals surface area contributed by atoms with Gasteiger partial charge in [-0.05, 0) is 19.1 Å². The molecule has 84 valence electrons. The lowest BCUT2D eigenvalue weighted by Crippen LogP contribution is -2.11. The third-order valence-corrected chi connectivity index (χ3v) is 2.19. The van der Waals surface area contributed by atoms with E-state index in [4.69, 9.17) is 9.84 Å². The van der Waals surface area contributed by atoms with Crippen molar-refractivity contribution >= 4 is 17.0 Å². The highest BCUT2D eigenvalue weighted by molar-refractivity contribution is 5.79. The molecule has 1 aromatic heterocycles. The van der Waals surface area contributed by atoms with Crippen LogP contribution in [-0.4, -0.2) is 27.2 Å². The smallest absolute Gasteiger partial charge is 0.323 e. The van der Waals surface area contributed by atoms with Crippen LogP contribution in [0.4, 0.5) is 0 Å². The van der Waals surface area contributed by atoms with Gasteiger partial charge in [-0.3, -0.25) is 9.36 Å². The van der Waals surface area contributed by atoms with E-state index in [0.717, 1.165) is 11.0 Å². The van der Waals surface area contributed by atoms with Crippen LogP contribution in [0.3, 0.4) is 0 Å². The molecule has 0 saturated carbocycles. The van der Waals surface area contributed by atoms with Gasteiger partial charge in [0.25, 0.3) is 6.01 Å². The first-order valence-corrected chi connectivity index (χ1v) is 5.02. The number of aromatic nitrogens is 2. The number of carboxylic acid groups (broad SMARTS) is 1. The highest BCUT2D eigenvalue weighted by atomic mass is 16.5. The van der Waals surface area contributed by atoms with Gasteiger partial charge in [0.15, 0.2) is 0 Å². The summed E-state index contributed by atoms with van der Waals surface area (Å²) in [6.45, 7) is 2.16. The fourth-order valence-corrected chi connectivity index (χ4v) is 1.58. The predicted octanol–water partition coefficient (Wildman–Crippen LogP) is 1.52. The number of rotatable bonds is 4.